The van der Waals surface area contributed by atoms with Gasteiger partial charge in [0.25, 0.3) is 0 Å². The molecule has 4 rings (SSSR count). The predicted molar refractivity (Wildman–Crippen MR) is 108 cm³/mol. The number of anilines is 1. The first kappa shape index (κ1) is 18.9. The van der Waals surface area contributed by atoms with E-state index >= 15 is 0 Å². The Bertz CT molecular complexity index is 818. The Hall–Kier alpha value is -1.41. The summed E-state index contributed by atoms with van der Waals surface area (Å²) in [6.45, 7) is 4.78. The maximum Gasteiger partial charge on any atom is 0.231 e. The number of aromatic nitrogens is 1. The molecular formula is C19H24ClN3O3S. The molecule has 1 aromatic heterocycles. The van der Waals surface area contributed by atoms with E-state index in [0.29, 0.717) is 22.4 Å². The topological polar surface area (TPSA) is 54.9 Å². The summed E-state index contributed by atoms with van der Waals surface area (Å²) in [6, 6.07) is 3.64. The molecule has 27 heavy (non-hydrogen) atoms. The van der Waals surface area contributed by atoms with Gasteiger partial charge in [0, 0.05) is 32.1 Å². The van der Waals surface area contributed by atoms with Crippen molar-refractivity contribution >= 4 is 44.2 Å². The molecule has 0 unspecified atom stereocenters. The first-order valence-electron chi connectivity index (χ1n) is 9.42. The number of carbonyl (C=O) groups excluding carboxylic acids is 1. The average molecular weight is 410 g/mol. The lowest BCUT2D eigenvalue weighted by Gasteiger charge is -2.33. The maximum atomic E-state index is 13.1. The van der Waals surface area contributed by atoms with Crippen LogP contribution >= 0.6 is 22.9 Å². The molecule has 2 aliphatic rings. The number of fused-ring (bicyclic) bond motifs is 1. The van der Waals surface area contributed by atoms with Gasteiger partial charge in [0.2, 0.25) is 5.91 Å². The first-order chi connectivity index (χ1) is 13.2. The molecule has 146 valence electrons. The fourth-order valence-electron chi connectivity index (χ4n) is 3.46. The van der Waals surface area contributed by atoms with E-state index in [9.17, 15) is 4.79 Å². The summed E-state index contributed by atoms with van der Waals surface area (Å²) in [5.41, 5.74) is 0.725. The summed E-state index contributed by atoms with van der Waals surface area (Å²) in [4.78, 5) is 22.0. The highest BCUT2D eigenvalue weighted by molar-refractivity contribution is 7.23. The highest BCUT2D eigenvalue weighted by atomic mass is 35.5. The van der Waals surface area contributed by atoms with Gasteiger partial charge in [-0.25, -0.2) is 4.98 Å². The molecule has 0 radical (unpaired) electrons. The monoisotopic (exact) mass is 409 g/mol. The van der Waals surface area contributed by atoms with Gasteiger partial charge in [-0.3, -0.25) is 14.6 Å². The fraction of sp³-hybridized carbons (Fsp3) is 0.579. The molecule has 1 saturated carbocycles. The molecule has 8 heteroatoms. The highest BCUT2D eigenvalue weighted by Gasteiger charge is 2.32. The molecule has 2 fully saturated rings. The van der Waals surface area contributed by atoms with Crippen LogP contribution in [-0.4, -0.2) is 62.3 Å². The lowest BCUT2D eigenvalue weighted by Crippen LogP contribution is -2.45. The molecule has 1 aromatic carbocycles. The molecule has 2 aromatic rings. The number of ether oxygens (including phenoxy) is 2. The molecule has 0 bridgehead atoms. The SMILES string of the molecule is COc1ccc(Cl)c2sc(N(CCN3CCOCC3)C(=O)C3CCC3)nc12. The fourth-order valence-corrected chi connectivity index (χ4v) is 4.75. The Balaban J connectivity index is 1.61. The molecule has 6 nitrogen and oxygen atoms in total. The van der Waals surface area contributed by atoms with Crippen molar-refractivity contribution in [3.63, 3.8) is 0 Å². The second kappa shape index (κ2) is 8.31. The molecule has 1 aliphatic carbocycles. The van der Waals surface area contributed by atoms with E-state index in [2.05, 4.69) is 4.90 Å². The summed E-state index contributed by atoms with van der Waals surface area (Å²) < 4.78 is 11.7. The zero-order valence-electron chi connectivity index (χ0n) is 15.4. The number of benzene rings is 1. The Labute approximate surface area is 168 Å². The van der Waals surface area contributed by atoms with E-state index in [0.717, 1.165) is 62.3 Å². The Morgan fingerprint density at radius 3 is 2.85 bits per heavy atom. The van der Waals surface area contributed by atoms with Gasteiger partial charge < -0.3 is 9.47 Å². The number of amides is 1. The van der Waals surface area contributed by atoms with Gasteiger partial charge in [0.15, 0.2) is 5.13 Å². The third-order valence-electron chi connectivity index (χ3n) is 5.36. The second-order valence-corrected chi connectivity index (χ2v) is 8.38. The largest absolute Gasteiger partial charge is 0.494 e. The second-order valence-electron chi connectivity index (χ2n) is 7.00. The lowest BCUT2D eigenvalue weighted by molar-refractivity contribution is -0.124. The van der Waals surface area contributed by atoms with Crippen LogP contribution in [0, 0.1) is 5.92 Å². The lowest BCUT2D eigenvalue weighted by atomic mass is 9.84. The molecule has 0 spiro atoms. The van der Waals surface area contributed by atoms with Crippen molar-refractivity contribution in [2.45, 2.75) is 19.3 Å². The third kappa shape index (κ3) is 3.92. The number of hydrogen-bond acceptors (Lipinski definition) is 6. The van der Waals surface area contributed by atoms with Crippen LogP contribution in [0.2, 0.25) is 5.02 Å². The van der Waals surface area contributed by atoms with Gasteiger partial charge in [-0.05, 0) is 25.0 Å². The summed E-state index contributed by atoms with van der Waals surface area (Å²) >= 11 is 7.84. The van der Waals surface area contributed by atoms with Crippen molar-refractivity contribution < 1.29 is 14.3 Å². The van der Waals surface area contributed by atoms with Crippen LogP contribution in [0.4, 0.5) is 5.13 Å². The normalized spacial score (nSPS) is 18.4. The van der Waals surface area contributed by atoms with Crippen LogP contribution in [0.15, 0.2) is 12.1 Å². The van der Waals surface area contributed by atoms with Crippen molar-refractivity contribution in [3.8, 4) is 5.75 Å². The minimum atomic E-state index is 0.124. The molecule has 1 saturated heterocycles. The number of thiazole rings is 1. The summed E-state index contributed by atoms with van der Waals surface area (Å²) in [6.07, 6.45) is 3.08. The summed E-state index contributed by atoms with van der Waals surface area (Å²) in [5.74, 6) is 0.990. The van der Waals surface area contributed by atoms with Crippen LogP contribution in [0.5, 0.6) is 5.75 Å². The average Bonchev–Trinajstić information content (AvgIpc) is 3.08. The standard InChI is InChI=1S/C19H24ClN3O3S/c1-25-15-6-5-14(20)17-16(15)21-19(27-17)23(18(24)13-3-2-4-13)8-7-22-9-11-26-12-10-22/h5-6,13H,2-4,7-12H2,1H3. The number of nitrogens with zero attached hydrogens (tertiary/aromatic N) is 3. The number of morpholine rings is 1. The Morgan fingerprint density at radius 2 is 2.19 bits per heavy atom. The van der Waals surface area contributed by atoms with Crippen LogP contribution in [0.1, 0.15) is 19.3 Å². The van der Waals surface area contributed by atoms with Crippen LogP contribution in [0.3, 0.4) is 0 Å². The van der Waals surface area contributed by atoms with Gasteiger partial charge in [-0.1, -0.05) is 29.4 Å². The van der Waals surface area contributed by atoms with Crippen molar-refractivity contribution in [2.24, 2.45) is 5.92 Å². The molecule has 1 amide bonds. The van der Waals surface area contributed by atoms with Crippen molar-refractivity contribution in [2.75, 3.05) is 51.4 Å². The van der Waals surface area contributed by atoms with Gasteiger partial charge >= 0.3 is 0 Å². The molecule has 1 aliphatic heterocycles. The van der Waals surface area contributed by atoms with Crippen molar-refractivity contribution in [1.82, 2.24) is 9.88 Å². The van der Waals surface area contributed by atoms with E-state index in [4.69, 9.17) is 26.1 Å². The van der Waals surface area contributed by atoms with Crippen molar-refractivity contribution in [3.05, 3.63) is 17.2 Å². The van der Waals surface area contributed by atoms with Crippen molar-refractivity contribution in [1.29, 1.82) is 0 Å². The highest BCUT2D eigenvalue weighted by Crippen LogP contribution is 2.40. The quantitative estimate of drug-likeness (QED) is 0.731. The van der Waals surface area contributed by atoms with E-state index in [-0.39, 0.29) is 11.8 Å². The smallest absolute Gasteiger partial charge is 0.231 e. The van der Waals surface area contributed by atoms with Gasteiger partial charge in [-0.2, -0.15) is 0 Å². The summed E-state index contributed by atoms with van der Waals surface area (Å²) in [5, 5.41) is 1.35. The van der Waals surface area contributed by atoms with E-state index in [1.54, 1.807) is 7.11 Å². The predicted octanol–water partition coefficient (Wildman–Crippen LogP) is 3.42. The van der Waals surface area contributed by atoms with Crippen LogP contribution < -0.4 is 9.64 Å². The van der Waals surface area contributed by atoms with E-state index < -0.39 is 0 Å². The molecule has 2 heterocycles. The number of hydrogen-bond donors (Lipinski definition) is 0. The number of methoxy groups -OCH3 is 1. The molecule has 0 atom stereocenters. The zero-order chi connectivity index (χ0) is 18.8. The number of halogens is 1. The number of rotatable bonds is 6. The van der Waals surface area contributed by atoms with E-state index in [1.807, 2.05) is 17.0 Å². The minimum Gasteiger partial charge on any atom is -0.494 e. The Morgan fingerprint density at radius 1 is 1.41 bits per heavy atom. The third-order valence-corrected chi connectivity index (χ3v) is 6.90. The van der Waals surface area contributed by atoms with Gasteiger partial charge in [-0.15, -0.1) is 0 Å². The summed E-state index contributed by atoms with van der Waals surface area (Å²) in [7, 11) is 1.62. The molecule has 0 N–H and O–H groups in total. The minimum absolute atomic E-state index is 0.124. The zero-order valence-corrected chi connectivity index (χ0v) is 17.0. The van der Waals surface area contributed by atoms with E-state index in [1.165, 1.54) is 11.3 Å². The van der Waals surface area contributed by atoms with Gasteiger partial charge in [0.1, 0.15) is 11.3 Å². The number of carbonyl (C=O) groups is 1. The Kier molecular flexibility index (Phi) is 5.82. The van der Waals surface area contributed by atoms with Crippen LogP contribution in [-0.2, 0) is 9.53 Å². The maximum absolute atomic E-state index is 13.1. The van der Waals surface area contributed by atoms with Crippen LogP contribution in [0.25, 0.3) is 10.2 Å². The first-order valence-corrected chi connectivity index (χ1v) is 10.6. The molecular weight excluding hydrogens is 386 g/mol. The van der Waals surface area contributed by atoms with Gasteiger partial charge in [0.05, 0.1) is 30.0 Å².